The molecule has 0 bridgehead atoms. The van der Waals surface area contributed by atoms with Crippen molar-refractivity contribution in [1.82, 2.24) is 14.7 Å². The molecule has 0 saturated heterocycles. The molecule has 6 nitrogen and oxygen atoms in total. The Morgan fingerprint density at radius 3 is 2.52 bits per heavy atom. The van der Waals surface area contributed by atoms with Gasteiger partial charge in [-0.3, -0.25) is 0 Å². The number of oxazole rings is 1. The number of hydrogen-bond acceptors (Lipinski definition) is 6. The number of hydrogen-bond donors (Lipinski definition) is 1. The van der Waals surface area contributed by atoms with Crippen molar-refractivity contribution in [3.63, 3.8) is 0 Å². The van der Waals surface area contributed by atoms with Gasteiger partial charge in [0.25, 0.3) is 0 Å². The number of thiazole rings is 1. The highest BCUT2D eigenvalue weighted by Gasteiger charge is 2.15. The number of rotatable bonds is 5. The van der Waals surface area contributed by atoms with Crippen LogP contribution in [0.1, 0.15) is 16.5 Å². The summed E-state index contributed by atoms with van der Waals surface area (Å²) >= 11 is 1.43. The van der Waals surface area contributed by atoms with Gasteiger partial charge in [0.05, 0.1) is 16.1 Å². The van der Waals surface area contributed by atoms with Crippen molar-refractivity contribution in [1.29, 1.82) is 0 Å². The lowest BCUT2D eigenvalue weighted by atomic mass is 10.2. The average molecular weight is 349 g/mol. The summed E-state index contributed by atoms with van der Waals surface area (Å²) in [5, 5.41) is 0. The van der Waals surface area contributed by atoms with E-state index in [-0.39, 0.29) is 11.4 Å². The zero-order chi connectivity index (χ0) is 16.4. The largest absolute Gasteiger partial charge is 0.449 e. The highest BCUT2D eigenvalue weighted by atomic mass is 32.2. The third-order valence-corrected chi connectivity index (χ3v) is 5.70. The zero-order valence-corrected chi connectivity index (χ0v) is 14.2. The summed E-state index contributed by atoms with van der Waals surface area (Å²) in [5.74, 6) is 0.568. The van der Waals surface area contributed by atoms with Gasteiger partial charge in [-0.15, -0.1) is 11.3 Å². The number of aromatic nitrogens is 2. The normalized spacial score (nSPS) is 11.7. The molecule has 0 atom stereocenters. The molecule has 120 valence electrons. The number of nitrogens with one attached hydrogen (secondary N) is 1. The smallest absolute Gasteiger partial charge is 0.240 e. The van der Waals surface area contributed by atoms with Crippen LogP contribution < -0.4 is 4.72 Å². The standard InChI is InChI=1S/C15H15N3O3S2/c1-10-15(22-9-16-10)7-17-23(19,20)13-5-3-12(4-6-13)14-8-21-11(2)18-14/h3-6,8-9,17H,7H2,1-2H3. The molecule has 0 saturated carbocycles. The van der Waals surface area contributed by atoms with Gasteiger partial charge < -0.3 is 4.42 Å². The van der Waals surface area contributed by atoms with Crippen molar-refractivity contribution in [2.75, 3.05) is 0 Å². The van der Waals surface area contributed by atoms with Crippen LogP contribution in [0.25, 0.3) is 11.3 Å². The molecule has 0 radical (unpaired) electrons. The summed E-state index contributed by atoms with van der Waals surface area (Å²) in [6.07, 6.45) is 1.55. The molecule has 0 aliphatic rings. The van der Waals surface area contributed by atoms with Gasteiger partial charge in [-0.2, -0.15) is 0 Å². The molecule has 0 spiro atoms. The summed E-state index contributed by atoms with van der Waals surface area (Å²) in [6, 6.07) is 6.54. The number of aryl methyl sites for hydroxylation is 2. The Hall–Kier alpha value is -2.03. The summed E-state index contributed by atoms with van der Waals surface area (Å²) in [6.45, 7) is 3.85. The molecule has 3 rings (SSSR count). The van der Waals surface area contributed by atoms with Gasteiger partial charge in [0, 0.05) is 23.9 Å². The molecule has 0 aliphatic carbocycles. The average Bonchev–Trinajstić information content (AvgIpc) is 3.14. The topological polar surface area (TPSA) is 85.1 Å². The van der Waals surface area contributed by atoms with E-state index in [2.05, 4.69) is 14.7 Å². The van der Waals surface area contributed by atoms with Gasteiger partial charge in [-0.05, 0) is 19.1 Å². The van der Waals surface area contributed by atoms with Gasteiger partial charge in [-0.1, -0.05) is 12.1 Å². The molecule has 0 aliphatic heterocycles. The fourth-order valence-corrected chi connectivity index (χ4v) is 3.84. The van der Waals surface area contributed by atoms with Gasteiger partial charge >= 0.3 is 0 Å². The summed E-state index contributed by atoms with van der Waals surface area (Å²) in [4.78, 5) is 9.44. The SMILES string of the molecule is Cc1nc(-c2ccc(S(=O)(=O)NCc3scnc3C)cc2)co1. The van der Waals surface area contributed by atoms with Gasteiger partial charge in [0.15, 0.2) is 5.89 Å². The van der Waals surface area contributed by atoms with Crippen LogP contribution in [0.4, 0.5) is 0 Å². The van der Waals surface area contributed by atoms with Crippen LogP contribution in [0.5, 0.6) is 0 Å². The molecule has 23 heavy (non-hydrogen) atoms. The Balaban J connectivity index is 1.76. The van der Waals surface area contributed by atoms with Crippen LogP contribution in [0.15, 0.2) is 45.4 Å². The molecule has 2 heterocycles. The Kier molecular flexibility index (Phi) is 4.29. The number of nitrogens with zero attached hydrogens (tertiary/aromatic N) is 2. The molecule has 2 aromatic heterocycles. The van der Waals surface area contributed by atoms with Crippen LogP contribution in [0, 0.1) is 13.8 Å². The second kappa shape index (κ2) is 6.23. The lowest BCUT2D eigenvalue weighted by Crippen LogP contribution is -2.23. The predicted molar refractivity (Wildman–Crippen MR) is 87.6 cm³/mol. The van der Waals surface area contributed by atoms with E-state index in [1.165, 1.54) is 11.3 Å². The van der Waals surface area contributed by atoms with E-state index in [0.717, 1.165) is 16.1 Å². The Morgan fingerprint density at radius 2 is 1.96 bits per heavy atom. The van der Waals surface area contributed by atoms with Crippen LogP contribution >= 0.6 is 11.3 Å². The lowest BCUT2D eigenvalue weighted by Gasteiger charge is -2.06. The first-order chi connectivity index (χ1) is 11.0. The van der Waals surface area contributed by atoms with Crippen molar-refractivity contribution in [3.05, 3.63) is 52.5 Å². The zero-order valence-electron chi connectivity index (χ0n) is 12.6. The van der Waals surface area contributed by atoms with Crippen LogP contribution in [-0.2, 0) is 16.6 Å². The Labute approximate surface area is 138 Å². The van der Waals surface area contributed by atoms with Crippen LogP contribution in [0.3, 0.4) is 0 Å². The number of sulfonamides is 1. The molecular formula is C15H15N3O3S2. The minimum absolute atomic E-state index is 0.212. The molecule has 0 amide bonds. The second-order valence-electron chi connectivity index (χ2n) is 4.96. The third kappa shape index (κ3) is 3.49. The predicted octanol–water partition coefficient (Wildman–Crippen LogP) is 2.89. The molecule has 0 unspecified atom stereocenters. The minimum atomic E-state index is -3.56. The fourth-order valence-electron chi connectivity index (χ4n) is 2.04. The quantitative estimate of drug-likeness (QED) is 0.765. The maximum atomic E-state index is 12.3. The van der Waals surface area contributed by atoms with Crippen molar-refractivity contribution < 1.29 is 12.8 Å². The van der Waals surface area contributed by atoms with E-state index in [4.69, 9.17) is 4.42 Å². The molecule has 0 fully saturated rings. The van der Waals surface area contributed by atoms with E-state index in [9.17, 15) is 8.42 Å². The van der Waals surface area contributed by atoms with Crippen molar-refractivity contribution in [2.45, 2.75) is 25.3 Å². The van der Waals surface area contributed by atoms with Crippen molar-refractivity contribution in [2.24, 2.45) is 0 Å². The van der Waals surface area contributed by atoms with Crippen molar-refractivity contribution in [3.8, 4) is 11.3 Å². The lowest BCUT2D eigenvalue weighted by molar-refractivity contribution is 0.521. The van der Waals surface area contributed by atoms with E-state index in [1.807, 2.05) is 6.92 Å². The maximum absolute atomic E-state index is 12.3. The van der Waals surface area contributed by atoms with E-state index in [0.29, 0.717) is 11.6 Å². The third-order valence-electron chi connectivity index (χ3n) is 3.35. The van der Waals surface area contributed by atoms with E-state index in [1.54, 1.807) is 43.0 Å². The van der Waals surface area contributed by atoms with Gasteiger partial charge in [0.2, 0.25) is 10.0 Å². The first kappa shape index (κ1) is 15.9. The minimum Gasteiger partial charge on any atom is -0.449 e. The molecule has 3 aromatic rings. The van der Waals surface area contributed by atoms with Crippen molar-refractivity contribution >= 4 is 21.4 Å². The Morgan fingerprint density at radius 1 is 1.22 bits per heavy atom. The highest BCUT2D eigenvalue weighted by molar-refractivity contribution is 7.89. The summed E-state index contributed by atoms with van der Waals surface area (Å²) in [5.41, 5.74) is 4.03. The fraction of sp³-hybridized carbons (Fsp3) is 0.200. The van der Waals surface area contributed by atoms with Crippen LogP contribution in [-0.4, -0.2) is 18.4 Å². The van der Waals surface area contributed by atoms with E-state index >= 15 is 0 Å². The monoisotopic (exact) mass is 349 g/mol. The molecular weight excluding hydrogens is 334 g/mol. The number of benzene rings is 1. The van der Waals surface area contributed by atoms with Gasteiger partial charge in [0.1, 0.15) is 12.0 Å². The summed E-state index contributed by atoms with van der Waals surface area (Å²) in [7, 11) is -3.56. The first-order valence-electron chi connectivity index (χ1n) is 6.87. The maximum Gasteiger partial charge on any atom is 0.240 e. The van der Waals surface area contributed by atoms with Crippen LogP contribution in [0.2, 0.25) is 0 Å². The molecule has 8 heteroatoms. The first-order valence-corrected chi connectivity index (χ1v) is 9.23. The van der Waals surface area contributed by atoms with E-state index < -0.39 is 10.0 Å². The second-order valence-corrected chi connectivity index (χ2v) is 7.67. The van der Waals surface area contributed by atoms with Gasteiger partial charge in [-0.25, -0.2) is 23.1 Å². The highest BCUT2D eigenvalue weighted by Crippen LogP contribution is 2.21. The summed E-state index contributed by atoms with van der Waals surface area (Å²) < 4.78 is 32.4. The Bertz CT molecular complexity index is 912. The molecule has 1 N–H and O–H groups in total. The molecule has 1 aromatic carbocycles.